The van der Waals surface area contributed by atoms with Gasteiger partial charge in [0.25, 0.3) is 5.91 Å². The summed E-state index contributed by atoms with van der Waals surface area (Å²) in [5.74, 6) is 1.03. The normalized spacial score (nSPS) is 16.4. The lowest BCUT2D eigenvalue weighted by Crippen LogP contribution is -2.35. The zero-order chi connectivity index (χ0) is 17.1. The minimum absolute atomic E-state index is 0.0332. The molecule has 0 bridgehead atoms. The molecule has 1 atom stereocenters. The first-order valence-electron chi connectivity index (χ1n) is 7.48. The van der Waals surface area contributed by atoms with E-state index in [9.17, 15) is 13.6 Å². The average molecular weight is 337 g/mol. The predicted octanol–water partition coefficient (Wildman–Crippen LogP) is 2.27. The lowest BCUT2D eigenvalue weighted by molar-refractivity contribution is 0.0559. The van der Waals surface area contributed by atoms with Crippen molar-refractivity contribution in [2.45, 2.75) is 13.0 Å². The second kappa shape index (κ2) is 6.86. The zero-order valence-electron chi connectivity index (χ0n) is 13.0. The van der Waals surface area contributed by atoms with Crippen LogP contribution < -0.4 is 14.8 Å². The van der Waals surface area contributed by atoms with Crippen LogP contribution >= 0.6 is 0 Å². The van der Waals surface area contributed by atoms with E-state index in [0.29, 0.717) is 23.6 Å². The molecule has 8 heteroatoms. The first kappa shape index (κ1) is 16.2. The van der Waals surface area contributed by atoms with Crippen LogP contribution in [0.25, 0.3) is 0 Å². The van der Waals surface area contributed by atoms with E-state index in [1.165, 1.54) is 6.07 Å². The number of carbonyl (C=O) groups is 1. The number of benzene rings is 1. The van der Waals surface area contributed by atoms with Crippen LogP contribution in [0.1, 0.15) is 22.6 Å². The van der Waals surface area contributed by atoms with Gasteiger partial charge in [-0.1, -0.05) is 12.1 Å². The number of hydrogen-bond acceptors (Lipinski definition) is 4. The first-order chi connectivity index (χ1) is 11.6. The molecule has 0 saturated carbocycles. The number of halogens is 2. The molecule has 1 aliphatic heterocycles. The van der Waals surface area contributed by atoms with E-state index >= 15 is 0 Å². The van der Waals surface area contributed by atoms with Crippen molar-refractivity contribution in [1.82, 2.24) is 15.1 Å². The summed E-state index contributed by atoms with van der Waals surface area (Å²) in [5, 5.41) is 6.25. The molecule has 1 amide bonds. The van der Waals surface area contributed by atoms with Crippen LogP contribution in [0.3, 0.4) is 0 Å². The third-order valence-electron chi connectivity index (χ3n) is 3.84. The van der Waals surface area contributed by atoms with Gasteiger partial charge >= 0.3 is 6.55 Å². The predicted molar refractivity (Wildman–Crippen MR) is 81.5 cm³/mol. The highest BCUT2D eigenvalue weighted by atomic mass is 19.3. The number of amides is 1. The maximum atomic E-state index is 12.5. The topological polar surface area (TPSA) is 65.4 Å². The van der Waals surface area contributed by atoms with E-state index in [1.807, 2.05) is 18.2 Å². The van der Waals surface area contributed by atoms with Crippen LogP contribution in [0.5, 0.6) is 11.5 Å². The largest absolute Gasteiger partial charge is 0.493 e. The minimum atomic E-state index is -2.76. The number of rotatable bonds is 5. The number of alkyl halides is 2. The van der Waals surface area contributed by atoms with E-state index < -0.39 is 12.5 Å². The highest BCUT2D eigenvalue weighted by molar-refractivity contribution is 5.92. The number of aromatic nitrogens is 2. The Labute approximate surface area is 137 Å². The number of nitrogens with one attached hydrogen (secondary N) is 1. The van der Waals surface area contributed by atoms with Crippen LogP contribution in [-0.4, -0.2) is 35.9 Å². The van der Waals surface area contributed by atoms with Crippen molar-refractivity contribution in [3.63, 3.8) is 0 Å². The molecule has 1 aromatic carbocycles. The fraction of sp³-hybridized carbons (Fsp3) is 0.375. The third kappa shape index (κ3) is 3.32. The molecule has 2 aromatic rings. The summed E-state index contributed by atoms with van der Waals surface area (Å²) >= 11 is 0. The summed E-state index contributed by atoms with van der Waals surface area (Å²) < 4.78 is 36.4. The van der Waals surface area contributed by atoms with Crippen molar-refractivity contribution < 1.29 is 23.0 Å². The molecular weight excluding hydrogens is 320 g/mol. The number of fused-ring (bicyclic) bond motifs is 1. The molecule has 0 saturated heterocycles. The summed E-state index contributed by atoms with van der Waals surface area (Å²) in [6.07, 6.45) is 1.81. The summed E-state index contributed by atoms with van der Waals surface area (Å²) in [7, 11) is 1.59. The van der Waals surface area contributed by atoms with Gasteiger partial charge in [0.2, 0.25) is 0 Å². The Morgan fingerprint density at radius 2 is 2.33 bits per heavy atom. The van der Waals surface area contributed by atoms with Crippen molar-refractivity contribution in [3.05, 3.63) is 41.7 Å². The van der Waals surface area contributed by atoms with Gasteiger partial charge < -0.3 is 14.8 Å². The van der Waals surface area contributed by atoms with E-state index in [2.05, 4.69) is 10.4 Å². The van der Waals surface area contributed by atoms with Gasteiger partial charge in [-0.3, -0.25) is 4.79 Å². The Morgan fingerprint density at radius 1 is 1.50 bits per heavy atom. The van der Waals surface area contributed by atoms with Crippen molar-refractivity contribution in [2.24, 2.45) is 5.92 Å². The van der Waals surface area contributed by atoms with Gasteiger partial charge in [0.1, 0.15) is 5.69 Å². The highest BCUT2D eigenvalue weighted by Crippen LogP contribution is 2.35. The van der Waals surface area contributed by atoms with Crippen molar-refractivity contribution in [3.8, 4) is 11.5 Å². The van der Waals surface area contributed by atoms with Crippen LogP contribution in [0, 0.1) is 5.92 Å². The Bertz CT molecular complexity index is 733. The number of carbonyl (C=O) groups excluding carboxylic acids is 1. The summed E-state index contributed by atoms with van der Waals surface area (Å²) in [4.78, 5) is 12.0. The maximum Gasteiger partial charge on any atom is 0.333 e. The standard InChI is InChI=1S/C16H17F2N3O3/c1-23-13-4-2-3-11-7-10(9-24-14(11)13)8-19-15(22)12-5-6-21(20-12)16(17)18/h2-6,10,16H,7-9H2,1H3,(H,19,22). The van der Waals surface area contributed by atoms with E-state index in [4.69, 9.17) is 9.47 Å². The highest BCUT2D eigenvalue weighted by Gasteiger charge is 2.23. The van der Waals surface area contributed by atoms with Gasteiger partial charge in [-0.2, -0.15) is 13.9 Å². The molecule has 128 valence electrons. The van der Waals surface area contributed by atoms with E-state index in [-0.39, 0.29) is 11.6 Å². The van der Waals surface area contributed by atoms with Crippen LogP contribution in [0.4, 0.5) is 8.78 Å². The lowest BCUT2D eigenvalue weighted by Gasteiger charge is -2.26. The van der Waals surface area contributed by atoms with E-state index in [0.717, 1.165) is 23.9 Å². The number of para-hydroxylation sites is 1. The number of hydrogen-bond donors (Lipinski definition) is 1. The smallest absolute Gasteiger partial charge is 0.333 e. The van der Waals surface area contributed by atoms with Gasteiger partial charge in [0, 0.05) is 18.7 Å². The monoisotopic (exact) mass is 337 g/mol. The Kier molecular flexibility index (Phi) is 4.64. The van der Waals surface area contributed by atoms with Gasteiger partial charge in [0.15, 0.2) is 11.5 Å². The Balaban J connectivity index is 1.58. The van der Waals surface area contributed by atoms with Gasteiger partial charge in [0.05, 0.1) is 13.7 Å². The fourth-order valence-electron chi connectivity index (χ4n) is 2.64. The molecule has 24 heavy (non-hydrogen) atoms. The maximum absolute atomic E-state index is 12.5. The molecule has 2 heterocycles. The molecule has 1 aliphatic rings. The second-order valence-corrected chi connectivity index (χ2v) is 5.50. The van der Waals surface area contributed by atoms with Gasteiger partial charge in [-0.25, -0.2) is 4.68 Å². The summed E-state index contributed by atoms with van der Waals surface area (Å²) in [5.41, 5.74) is 0.982. The van der Waals surface area contributed by atoms with E-state index in [1.54, 1.807) is 7.11 Å². The lowest BCUT2D eigenvalue weighted by atomic mass is 9.96. The Morgan fingerprint density at radius 3 is 3.04 bits per heavy atom. The van der Waals surface area contributed by atoms with Crippen molar-refractivity contribution in [1.29, 1.82) is 0 Å². The second-order valence-electron chi connectivity index (χ2n) is 5.50. The van der Waals surface area contributed by atoms with Crippen LogP contribution in [0.15, 0.2) is 30.5 Å². The van der Waals surface area contributed by atoms with Crippen LogP contribution in [-0.2, 0) is 6.42 Å². The summed E-state index contributed by atoms with van der Waals surface area (Å²) in [6, 6.07) is 6.94. The molecule has 1 N–H and O–H groups in total. The molecule has 3 rings (SSSR count). The molecular formula is C16H17F2N3O3. The fourth-order valence-corrected chi connectivity index (χ4v) is 2.64. The van der Waals surface area contributed by atoms with Crippen molar-refractivity contribution >= 4 is 5.91 Å². The van der Waals surface area contributed by atoms with Crippen molar-refractivity contribution in [2.75, 3.05) is 20.3 Å². The first-order valence-corrected chi connectivity index (χ1v) is 7.48. The molecule has 1 aromatic heterocycles. The SMILES string of the molecule is COc1cccc2c1OCC(CNC(=O)c1ccn(C(F)F)n1)C2. The zero-order valence-corrected chi connectivity index (χ0v) is 13.0. The molecule has 1 unspecified atom stereocenters. The third-order valence-corrected chi connectivity index (χ3v) is 3.84. The molecule has 0 fully saturated rings. The molecule has 6 nitrogen and oxygen atoms in total. The molecule has 0 aliphatic carbocycles. The average Bonchev–Trinajstić information content (AvgIpc) is 3.09. The van der Waals surface area contributed by atoms with Gasteiger partial charge in [-0.15, -0.1) is 0 Å². The number of nitrogens with zero attached hydrogens (tertiary/aromatic N) is 2. The Hall–Kier alpha value is -2.64. The quantitative estimate of drug-likeness (QED) is 0.909. The molecule has 0 spiro atoms. The summed E-state index contributed by atoms with van der Waals surface area (Å²) in [6.45, 7) is -1.94. The van der Waals surface area contributed by atoms with Crippen LogP contribution in [0.2, 0.25) is 0 Å². The number of ether oxygens (including phenoxy) is 2. The minimum Gasteiger partial charge on any atom is -0.493 e. The van der Waals surface area contributed by atoms with Gasteiger partial charge in [-0.05, 0) is 24.1 Å². The number of methoxy groups -OCH3 is 1. The molecule has 0 radical (unpaired) electrons.